The molecule has 3 amide bonds. The van der Waals surface area contributed by atoms with Gasteiger partial charge in [0.05, 0.1) is 0 Å². The molecule has 0 saturated carbocycles. The molecular weight excluding hydrogens is 462 g/mol. The summed E-state index contributed by atoms with van der Waals surface area (Å²) in [7, 11) is 0. The minimum absolute atomic E-state index is 0.142. The van der Waals surface area contributed by atoms with Crippen LogP contribution in [0.1, 0.15) is 29.5 Å². The number of amides is 3. The van der Waals surface area contributed by atoms with Crippen LogP contribution in [0.25, 0.3) is 0 Å². The zero-order valence-corrected chi connectivity index (χ0v) is 20.2. The van der Waals surface area contributed by atoms with Crippen molar-refractivity contribution in [1.29, 1.82) is 0 Å². The summed E-state index contributed by atoms with van der Waals surface area (Å²) < 4.78 is 0. The van der Waals surface area contributed by atoms with Gasteiger partial charge in [0, 0.05) is 31.0 Å². The summed E-state index contributed by atoms with van der Waals surface area (Å²) >= 11 is 6.05. The Kier molecular flexibility index (Phi) is 8.29. The van der Waals surface area contributed by atoms with E-state index in [1.54, 1.807) is 17.1 Å². The molecule has 4 rings (SSSR count). The molecule has 1 aliphatic heterocycles. The first-order chi connectivity index (χ1) is 17.0. The van der Waals surface area contributed by atoms with E-state index in [0.717, 1.165) is 16.7 Å². The van der Waals surface area contributed by atoms with Gasteiger partial charge in [-0.15, -0.1) is 0 Å². The average molecular weight is 490 g/mol. The molecule has 3 aromatic rings. The van der Waals surface area contributed by atoms with Crippen molar-refractivity contribution < 1.29 is 14.4 Å². The van der Waals surface area contributed by atoms with Crippen LogP contribution < -0.4 is 5.32 Å². The number of nitrogens with zero attached hydrogens (tertiary/aromatic N) is 2. The van der Waals surface area contributed by atoms with Crippen molar-refractivity contribution in [1.82, 2.24) is 15.3 Å². The lowest BCUT2D eigenvalue weighted by Crippen LogP contribution is -2.57. The SMILES string of the molecule is O=C(NCCc1ccccc1)C(Cc1ccccc1)N(Cc1ccc(Cl)cc1)N1C(=O)CCC1=O. The molecular formula is C28H28ClN3O3. The van der Waals surface area contributed by atoms with Gasteiger partial charge in [-0.2, -0.15) is 5.01 Å². The number of imide groups is 1. The smallest absolute Gasteiger partial charge is 0.244 e. The Labute approximate surface area is 210 Å². The summed E-state index contributed by atoms with van der Waals surface area (Å²) in [5.74, 6) is -0.815. The maximum Gasteiger partial charge on any atom is 0.244 e. The molecule has 7 heteroatoms. The van der Waals surface area contributed by atoms with E-state index < -0.39 is 6.04 Å². The zero-order valence-electron chi connectivity index (χ0n) is 19.4. The van der Waals surface area contributed by atoms with Crippen molar-refractivity contribution in [3.8, 4) is 0 Å². The summed E-state index contributed by atoms with van der Waals surface area (Å²) in [5.41, 5.74) is 2.91. The van der Waals surface area contributed by atoms with Crippen LogP contribution >= 0.6 is 11.6 Å². The van der Waals surface area contributed by atoms with Crippen molar-refractivity contribution in [3.05, 3.63) is 107 Å². The van der Waals surface area contributed by atoms with Gasteiger partial charge in [-0.25, -0.2) is 5.01 Å². The molecule has 0 aliphatic carbocycles. The highest BCUT2D eigenvalue weighted by Gasteiger charge is 2.40. The van der Waals surface area contributed by atoms with E-state index in [0.29, 0.717) is 24.4 Å². The maximum atomic E-state index is 13.6. The fourth-order valence-corrected chi connectivity index (χ4v) is 4.34. The molecule has 3 aromatic carbocycles. The van der Waals surface area contributed by atoms with Gasteiger partial charge in [-0.3, -0.25) is 14.4 Å². The lowest BCUT2D eigenvalue weighted by atomic mass is 10.0. The molecule has 0 aromatic heterocycles. The lowest BCUT2D eigenvalue weighted by molar-refractivity contribution is -0.165. The zero-order chi connectivity index (χ0) is 24.6. The summed E-state index contributed by atoms with van der Waals surface area (Å²) in [4.78, 5) is 39.1. The van der Waals surface area contributed by atoms with Crippen LogP contribution in [0.15, 0.2) is 84.9 Å². The summed E-state index contributed by atoms with van der Waals surface area (Å²) in [6.07, 6.45) is 1.32. The van der Waals surface area contributed by atoms with Gasteiger partial charge in [-0.05, 0) is 41.7 Å². The highest BCUT2D eigenvalue weighted by atomic mass is 35.5. The van der Waals surface area contributed by atoms with Crippen LogP contribution in [0, 0.1) is 0 Å². The first-order valence-electron chi connectivity index (χ1n) is 11.7. The second-order valence-corrected chi connectivity index (χ2v) is 8.99. The van der Waals surface area contributed by atoms with Gasteiger partial charge < -0.3 is 5.32 Å². The predicted octanol–water partition coefficient (Wildman–Crippen LogP) is 4.18. The monoisotopic (exact) mass is 489 g/mol. The number of halogens is 1. The Hall–Kier alpha value is -3.48. The number of carbonyl (C=O) groups is 3. The van der Waals surface area contributed by atoms with Crippen molar-refractivity contribution in [2.24, 2.45) is 0 Å². The number of hydrazine groups is 1. The molecule has 180 valence electrons. The van der Waals surface area contributed by atoms with Crippen LogP contribution in [-0.4, -0.2) is 40.3 Å². The van der Waals surface area contributed by atoms with Crippen LogP contribution in [0.5, 0.6) is 0 Å². The number of rotatable bonds is 10. The largest absolute Gasteiger partial charge is 0.354 e. The van der Waals surface area contributed by atoms with Gasteiger partial charge in [0.2, 0.25) is 17.7 Å². The van der Waals surface area contributed by atoms with Gasteiger partial charge in [0.1, 0.15) is 6.04 Å². The molecule has 35 heavy (non-hydrogen) atoms. The molecule has 0 bridgehead atoms. The van der Waals surface area contributed by atoms with Crippen molar-refractivity contribution >= 4 is 29.3 Å². The normalized spacial score (nSPS) is 14.4. The molecule has 1 N–H and O–H groups in total. The van der Waals surface area contributed by atoms with E-state index in [1.165, 1.54) is 5.01 Å². The molecule has 1 fully saturated rings. The lowest BCUT2D eigenvalue weighted by Gasteiger charge is -2.36. The van der Waals surface area contributed by atoms with E-state index in [2.05, 4.69) is 5.32 Å². The Morgan fingerprint density at radius 3 is 2.00 bits per heavy atom. The predicted molar refractivity (Wildman–Crippen MR) is 135 cm³/mol. The molecule has 1 aliphatic rings. The van der Waals surface area contributed by atoms with Gasteiger partial charge in [0.15, 0.2) is 0 Å². The standard InChI is InChI=1S/C28H28ClN3O3/c29-24-13-11-23(12-14-24)20-31(32-26(33)15-16-27(32)34)25(19-22-9-5-2-6-10-22)28(35)30-18-17-21-7-3-1-4-8-21/h1-14,25H,15-20H2,(H,30,35). The van der Waals surface area contributed by atoms with Crippen LogP contribution in [-0.2, 0) is 33.8 Å². The highest BCUT2D eigenvalue weighted by molar-refractivity contribution is 6.30. The van der Waals surface area contributed by atoms with Crippen molar-refractivity contribution in [2.45, 2.75) is 38.3 Å². The van der Waals surface area contributed by atoms with Crippen molar-refractivity contribution in [3.63, 3.8) is 0 Å². The Morgan fingerprint density at radius 1 is 0.829 bits per heavy atom. The Morgan fingerprint density at radius 2 is 1.40 bits per heavy atom. The summed E-state index contributed by atoms with van der Waals surface area (Å²) in [6, 6.07) is 26.0. The Balaban J connectivity index is 1.61. The summed E-state index contributed by atoms with van der Waals surface area (Å²) in [5, 5.41) is 6.40. The fourth-order valence-electron chi connectivity index (χ4n) is 4.21. The van der Waals surface area contributed by atoms with Crippen LogP contribution in [0.3, 0.4) is 0 Å². The minimum atomic E-state index is -0.755. The molecule has 0 radical (unpaired) electrons. The third-order valence-electron chi connectivity index (χ3n) is 6.03. The number of benzene rings is 3. The third-order valence-corrected chi connectivity index (χ3v) is 6.28. The number of hydrogen-bond donors (Lipinski definition) is 1. The third kappa shape index (κ3) is 6.56. The quantitative estimate of drug-likeness (QED) is 0.434. The Bertz CT molecular complexity index is 1140. The first kappa shape index (κ1) is 24.6. The minimum Gasteiger partial charge on any atom is -0.354 e. The van der Waals surface area contributed by atoms with Crippen LogP contribution in [0.2, 0.25) is 5.02 Å². The molecule has 6 nitrogen and oxygen atoms in total. The second-order valence-electron chi connectivity index (χ2n) is 8.56. The van der Waals surface area contributed by atoms with E-state index >= 15 is 0 Å². The molecule has 1 atom stereocenters. The van der Waals surface area contributed by atoms with E-state index in [9.17, 15) is 14.4 Å². The highest BCUT2D eigenvalue weighted by Crippen LogP contribution is 2.23. The number of hydrogen-bond acceptors (Lipinski definition) is 4. The first-order valence-corrected chi connectivity index (χ1v) is 12.1. The number of nitrogens with one attached hydrogen (secondary N) is 1. The maximum absolute atomic E-state index is 13.6. The van der Waals surface area contributed by atoms with Gasteiger partial charge >= 0.3 is 0 Å². The van der Waals surface area contributed by atoms with Crippen LogP contribution in [0.4, 0.5) is 0 Å². The van der Waals surface area contributed by atoms with Gasteiger partial charge in [-0.1, -0.05) is 84.4 Å². The van der Waals surface area contributed by atoms with Gasteiger partial charge in [0.25, 0.3) is 0 Å². The average Bonchev–Trinajstić information content (AvgIpc) is 3.21. The van der Waals surface area contributed by atoms with Crippen molar-refractivity contribution in [2.75, 3.05) is 6.54 Å². The molecule has 0 spiro atoms. The second kappa shape index (κ2) is 11.8. The molecule has 1 heterocycles. The fraction of sp³-hybridized carbons (Fsp3) is 0.250. The molecule has 1 unspecified atom stereocenters. The summed E-state index contributed by atoms with van der Waals surface area (Å²) in [6.45, 7) is 0.670. The number of carbonyl (C=O) groups excluding carboxylic acids is 3. The van der Waals surface area contributed by atoms with E-state index in [1.807, 2.05) is 72.8 Å². The van der Waals surface area contributed by atoms with E-state index in [-0.39, 0.29) is 37.1 Å². The molecule has 1 saturated heterocycles. The van der Waals surface area contributed by atoms with E-state index in [4.69, 9.17) is 11.6 Å². The topological polar surface area (TPSA) is 69.7 Å².